The van der Waals surface area contributed by atoms with Crippen LogP contribution in [0.1, 0.15) is 68.6 Å². The fourth-order valence-electron chi connectivity index (χ4n) is 4.63. The number of amides is 1. The summed E-state index contributed by atoms with van der Waals surface area (Å²) in [6.45, 7) is 11.2. The normalized spacial score (nSPS) is 20.0. The van der Waals surface area contributed by atoms with Crippen LogP contribution in [0.4, 0.5) is 24.5 Å². The smallest absolute Gasteiger partial charge is 0.385 e. The highest BCUT2D eigenvalue weighted by Gasteiger charge is 2.32. The molecule has 1 amide bonds. The van der Waals surface area contributed by atoms with Crippen molar-refractivity contribution in [2.24, 2.45) is 10.9 Å². The van der Waals surface area contributed by atoms with Crippen LogP contribution in [-0.4, -0.2) is 35.6 Å². The molecule has 1 heterocycles. The molecule has 0 aliphatic carbocycles. The molecule has 2 aromatic rings. The lowest BCUT2D eigenvalue weighted by Crippen LogP contribution is -2.31. The van der Waals surface area contributed by atoms with Crippen molar-refractivity contribution in [3.63, 3.8) is 0 Å². The summed E-state index contributed by atoms with van der Waals surface area (Å²) in [5.74, 6) is 0.560. The number of halogens is 4. The monoisotopic (exact) mass is 560 g/mol. The quantitative estimate of drug-likeness (QED) is 0.336. The second kappa shape index (κ2) is 13.2. The molecule has 0 saturated heterocycles. The van der Waals surface area contributed by atoms with Gasteiger partial charge in [-0.05, 0) is 88.1 Å². The van der Waals surface area contributed by atoms with E-state index in [0.29, 0.717) is 23.9 Å². The molecule has 39 heavy (non-hydrogen) atoms. The molecule has 2 atom stereocenters. The van der Waals surface area contributed by atoms with Gasteiger partial charge in [-0.2, -0.15) is 13.2 Å². The van der Waals surface area contributed by atoms with Gasteiger partial charge in [-0.15, -0.1) is 0 Å². The van der Waals surface area contributed by atoms with E-state index < -0.39 is 17.6 Å². The first-order chi connectivity index (χ1) is 18.5. The third-order valence-electron chi connectivity index (χ3n) is 6.63. The second-order valence-corrected chi connectivity index (χ2v) is 9.90. The second-order valence-electron chi connectivity index (χ2n) is 9.51. The van der Waals surface area contributed by atoms with Crippen LogP contribution in [0.25, 0.3) is 0 Å². The molecular formula is C30H36ClF3N4O. The van der Waals surface area contributed by atoms with E-state index in [-0.39, 0.29) is 29.8 Å². The lowest BCUT2D eigenvalue weighted by atomic mass is 10.0. The minimum atomic E-state index is -4.57. The van der Waals surface area contributed by atoms with Gasteiger partial charge in [0.25, 0.3) is 5.91 Å². The van der Waals surface area contributed by atoms with Crippen molar-refractivity contribution in [3.8, 4) is 0 Å². The van der Waals surface area contributed by atoms with E-state index in [1.165, 1.54) is 11.0 Å². The van der Waals surface area contributed by atoms with E-state index in [4.69, 9.17) is 11.6 Å². The summed E-state index contributed by atoms with van der Waals surface area (Å²) in [5, 5.41) is 3.31. The number of carbonyl (C=O) groups excluding carboxylic acids is 1. The van der Waals surface area contributed by atoms with E-state index >= 15 is 0 Å². The Labute approximate surface area is 234 Å². The van der Waals surface area contributed by atoms with Crippen LogP contribution in [0, 0.1) is 5.92 Å². The Hall–Kier alpha value is -3.26. The SMILES string of the molecule is CCNc1cc(C(=O)N(CC)c2cccc([C@H](C)N(CC)C3=C/C(C)C/C=C/C(Cl)=N\3)c2)cc(C(F)(F)F)c1. The van der Waals surface area contributed by atoms with Crippen LogP contribution in [-0.2, 0) is 6.18 Å². The van der Waals surface area contributed by atoms with Gasteiger partial charge in [0.2, 0.25) is 0 Å². The van der Waals surface area contributed by atoms with Crippen LogP contribution in [0.2, 0.25) is 0 Å². The minimum Gasteiger partial charge on any atom is -0.385 e. The number of aliphatic imine (C=N–C) groups is 1. The lowest BCUT2D eigenvalue weighted by Gasteiger charge is -2.32. The number of nitrogens with one attached hydrogen (secondary N) is 1. The molecule has 1 aliphatic rings. The summed E-state index contributed by atoms with van der Waals surface area (Å²) in [6, 6.07) is 10.8. The molecule has 3 rings (SSSR count). The van der Waals surface area contributed by atoms with E-state index in [0.717, 1.165) is 29.9 Å². The number of rotatable bonds is 9. The summed E-state index contributed by atoms with van der Waals surface area (Å²) >= 11 is 6.31. The molecular weight excluding hydrogens is 525 g/mol. The molecule has 0 bridgehead atoms. The summed E-state index contributed by atoms with van der Waals surface area (Å²) in [4.78, 5) is 21.8. The van der Waals surface area contributed by atoms with Gasteiger partial charge in [0.1, 0.15) is 11.0 Å². The Balaban J connectivity index is 1.97. The largest absolute Gasteiger partial charge is 0.416 e. The van der Waals surface area contributed by atoms with Crippen LogP contribution in [0.3, 0.4) is 0 Å². The van der Waals surface area contributed by atoms with Gasteiger partial charge in [0, 0.05) is 36.6 Å². The number of anilines is 2. The minimum absolute atomic E-state index is 0.0260. The maximum absolute atomic E-state index is 13.6. The highest BCUT2D eigenvalue weighted by atomic mass is 35.5. The van der Waals surface area contributed by atoms with Crippen molar-refractivity contribution in [3.05, 3.63) is 83.2 Å². The number of alkyl halides is 3. The maximum atomic E-state index is 13.6. The Morgan fingerprint density at radius 2 is 1.90 bits per heavy atom. The molecule has 1 unspecified atom stereocenters. The molecule has 2 aromatic carbocycles. The molecule has 9 heteroatoms. The molecule has 1 N–H and O–H groups in total. The zero-order valence-electron chi connectivity index (χ0n) is 23.0. The Morgan fingerprint density at radius 3 is 2.54 bits per heavy atom. The highest BCUT2D eigenvalue weighted by Crippen LogP contribution is 2.34. The van der Waals surface area contributed by atoms with Crippen molar-refractivity contribution >= 4 is 34.1 Å². The molecule has 1 aliphatic heterocycles. The van der Waals surface area contributed by atoms with Gasteiger partial charge in [0.15, 0.2) is 0 Å². The van der Waals surface area contributed by atoms with Crippen molar-refractivity contribution < 1.29 is 18.0 Å². The molecule has 0 radical (unpaired) electrons. The van der Waals surface area contributed by atoms with Crippen LogP contribution in [0.15, 0.2) is 71.5 Å². The summed E-state index contributed by atoms with van der Waals surface area (Å²) < 4.78 is 40.7. The third-order valence-corrected chi connectivity index (χ3v) is 6.85. The summed E-state index contributed by atoms with van der Waals surface area (Å²) in [7, 11) is 0. The highest BCUT2D eigenvalue weighted by molar-refractivity contribution is 6.68. The van der Waals surface area contributed by atoms with Crippen LogP contribution >= 0.6 is 11.6 Å². The molecule has 0 fully saturated rings. The molecule has 210 valence electrons. The first kappa shape index (κ1) is 30.3. The van der Waals surface area contributed by atoms with E-state index in [2.05, 4.69) is 35.1 Å². The summed E-state index contributed by atoms with van der Waals surface area (Å²) in [5.41, 5.74) is 0.910. The van der Waals surface area contributed by atoms with Crippen molar-refractivity contribution in [2.75, 3.05) is 29.9 Å². The number of benzene rings is 2. The number of nitrogens with zero attached hydrogens (tertiary/aromatic N) is 3. The van der Waals surface area contributed by atoms with Gasteiger partial charge in [-0.3, -0.25) is 4.79 Å². The van der Waals surface area contributed by atoms with Gasteiger partial charge < -0.3 is 15.1 Å². The van der Waals surface area contributed by atoms with Crippen molar-refractivity contribution in [1.82, 2.24) is 4.90 Å². The van der Waals surface area contributed by atoms with E-state index in [9.17, 15) is 18.0 Å². The first-order valence-corrected chi connectivity index (χ1v) is 13.6. The van der Waals surface area contributed by atoms with Gasteiger partial charge in [-0.1, -0.05) is 36.7 Å². The lowest BCUT2D eigenvalue weighted by molar-refractivity contribution is -0.137. The first-order valence-electron chi connectivity index (χ1n) is 13.3. The zero-order chi connectivity index (χ0) is 28.7. The number of allylic oxidation sites excluding steroid dienone is 3. The fraction of sp³-hybridized carbons (Fsp3) is 0.400. The standard InChI is InChI=1S/C30H36ClF3N4O/c1-6-35-25-17-23(16-24(19-25)30(32,33)34)29(39)38(8-3)26-13-10-12-22(18-26)21(5)37(7-2)28-15-20(4)11-9-14-27(31)36-28/h9-10,12-21,35H,6-8,11H2,1-5H3/b14-9+,28-15+,36-27+/t20?,21-/m0/s1. The Kier molecular flexibility index (Phi) is 10.2. The van der Waals surface area contributed by atoms with Crippen molar-refractivity contribution in [1.29, 1.82) is 0 Å². The van der Waals surface area contributed by atoms with Crippen LogP contribution < -0.4 is 10.2 Å². The third kappa shape index (κ3) is 7.66. The fourth-order valence-corrected chi connectivity index (χ4v) is 4.81. The maximum Gasteiger partial charge on any atom is 0.416 e. The number of hydrogen-bond donors (Lipinski definition) is 1. The predicted molar refractivity (Wildman–Crippen MR) is 154 cm³/mol. The topological polar surface area (TPSA) is 47.9 Å². The average molecular weight is 561 g/mol. The molecule has 0 saturated carbocycles. The number of hydrogen-bond acceptors (Lipinski definition) is 4. The van der Waals surface area contributed by atoms with Gasteiger partial charge >= 0.3 is 6.18 Å². The number of carbonyl (C=O) groups is 1. The van der Waals surface area contributed by atoms with E-state index in [1.807, 2.05) is 37.3 Å². The molecule has 0 spiro atoms. The van der Waals surface area contributed by atoms with E-state index in [1.54, 1.807) is 19.9 Å². The van der Waals surface area contributed by atoms with Crippen molar-refractivity contribution in [2.45, 2.75) is 53.3 Å². The van der Waals surface area contributed by atoms with Gasteiger partial charge in [0.05, 0.1) is 11.6 Å². The summed E-state index contributed by atoms with van der Waals surface area (Å²) in [6.07, 6.45) is 2.21. The Morgan fingerprint density at radius 1 is 1.15 bits per heavy atom. The molecule has 5 nitrogen and oxygen atoms in total. The Bertz CT molecular complexity index is 1260. The van der Waals surface area contributed by atoms with Gasteiger partial charge in [-0.25, -0.2) is 4.99 Å². The molecule has 0 aromatic heterocycles. The zero-order valence-corrected chi connectivity index (χ0v) is 23.8. The predicted octanol–water partition coefficient (Wildman–Crippen LogP) is 8.26. The van der Waals surface area contributed by atoms with Crippen LogP contribution in [0.5, 0.6) is 0 Å². The average Bonchev–Trinajstić information content (AvgIpc) is 2.88.